The molecule has 2 heterocycles. The number of unbranched alkanes of at least 4 members (excludes halogenated alkanes) is 1. The number of aromatic amines is 1. The molecule has 0 bridgehead atoms. The third-order valence-corrected chi connectivity index (χ3v) is 17.8. The van der Waals surface area contributed by atoms with Crippen molar-refractivity contribution in [2.24, 2.45) is 17.4 Å². The number of H-pyrrole nitrogens is 1. The van der Waals surface area contributed by atoms with Crippen LogP contribution in [0, 0.1) is 5.92 Å². The Hall–Kier alpha value is -7.92. The zero-order valence-electron chi connectivity index (χ0n) is 46.8. The Kier molecular flexibility index (Phi) is 22.2. The number of carboxylic acid groups (broad SMARTS) is 1. The van der Waals surface area contributed by atoms with Gasteiger partial charge < -0.3 is 63.9 Å². The molecule has 22 heteroatoms. The molecule has 20 nitrogen and oxygen atoms in total. The molecule has 1 aliphatic rings. The van der Waals surface area contributed by atoms with Gasteiger partial charge in [0.05, 0.1) is 6.04 Å². The molecule has 1 saturated heterocycles. The monoisotopic (exact) mass is 1170 g/mol. The number of phenolic OH excluding ortho intramolecular Hbond substituents is 1. The maximum atomic E-state index is 15.2. The van der Waals surface area contributed by atoms with Gasteiger partial charge in [0, 0.05) is 46.9 Å². The fourth-order valence-corrected chi connectivity index (χ4v) is 12.6. The molecule has 0 spiro atoms. The van der Waals surface area contributed by atoms with Crippen LogP contribution in [-0.2, 0) is 64.0 Å². The number of amides is 7. The summed E-state index contributed by atoms with van der Waals surface area (Å²) < 4.78 is -1.32. The van der Waals surface area contributed by atoms with E-state index >= 15 is 14.4 Å². The summed E-state index contributed by atoms with van der Waals surface area (Å²) >= 11 is 0. The molecule has 0 unspecified atom stereocenters. The lowest BCUT2D eigenvalue weighted by molar-refractivity contribution is -0.143. The van der Waals surface area contributed by atoms with Crippen LogP contribution < -0.4 is 48.7 Å². The number of carboxylic acids is 1. The van der Waals surface area contributed by atoms with Crippen molar-refractivity contribution in [3.8, 4) is 5.75 Å². The van der Waals surface area contributed by atoms with Crippen LogP contribution in [0.3, 0.4) is 0 Å². The summed E-state index contributed by atoms with van der Waals surface area (Å²) in [6.07, 6.45) is 2.35. The highest BCUT2D eigenvalue weighted by atomic mass is 33.1. The Morgan fingerprint density at radius 1 is 0.675 bits per heavy atom. The Labute approximate surface area is 490 Å². The number of aliphatic carboxylic acids is 1. The normalized spacial score (nSPS) is 21.1. The first-order valence-electron chi connectivity index (χ1n) is 27.7. The molecule has 1 aromatic heterocycles. The summed E-state index contributed by atoms with van der Waals surface area (Å²) in [5.74, 6) is -7.73. The highest BCUT2D eigenvalue weighted by Crippen LogP contribution is 2.39. The molecule has 7 rings (SSSR count). The van der Waals surface area contributed by atoms with Gasteiger partial charge >= 0.3 is 5.97 Å². The van der Waals surface area contributed by atoms with E-state index in [4.69, 9.17) is 11.5 Å². The zero-order valence-corrected chi connectivity index (χ0v) is 48.4. The van der Waals surface area contributed by atoms with Crippen molar-refractivity contribution in [1.82, 2.24) is 42.2 Å². The first kappa shape index (κ1) is 62.7. The number of rotatable bonds is 18. The van der Waals surface area contributed by atoms with Gasteiger partial charge in [0.15, 0.2) is 0 Å². The summed E-state index contributed by atoms with van der Waals surface area (Å²) in [7, 11) is 2.11. The van der Waals surface area contributed by atoms with Crippen molar-refractivity contribution >= 4 is 90.6 Å². The molecule has 440 valence electrons. The number of hydrogen-bond donors (Lipinski definition) is 12. The summed E-state index contributed by atoms with van der Waals surface area (Å²) in [6.45, 7) is 6.82. The van der Waals surface area contributed by atoms with E-state index < -0.39 is 106 Å². The fraction of sp³-hybridized carbons (Fsp3) is 0.377. The van der Waals surface area contributed by atoms with Gasteiger partial charge in [-0.1, -0.05) is 139 Å². The molecule has 83 heavy (non-hydrogen) atoms. The number of carbonyl (C=O) groups is 8. The number of hydrogen-bond acceptors (Lipinski definition) is 13. The van der Waals surface area contributed by atoms with Gasteiger partial charge in [0.2, 0.25) is 41.4 Å². The number of nitrogens with two attached hydrogens (primary N) is 2. The molecule has 5 aromatic carbocycles. The molecule has 1 fully saturated rings. The second-order valence-corrected chi connectivity index (χ2v) is 24.7. The van der Waals surface area contributed by atoms with E-state index in [-0.39, 0.29) is 50.2 Å². The lowest BCUT2D eigenvalue weighted by Crippen LogP contribution is -2.63. The number of aromatic hydroxyl groups is 1. The number of nitrogens with one attached hydrogen (secondary N) is 8. The van der Waals surface area contributed by atoms with Crippen molar-refractivity contribution in [3.05, 3.63) is 150 Å². The number of fused-ring (bicyclic) bond motifs is 2. The highest BCUT2D eigenvalue weighted by Gasteiger charge is 2.42. The summed E-state index contributed by atoms with van der Waals surface area (Å²) in [5.41, 5.74) is 15.9. The Morgan fingerprint density at radius 2 is 1.24 bits per heavy atom. The minimum absolute atomic E-state index is 0.0439. The van der Waals surface area contributed by atoms with E-state index in [1.807, 2.05) is 66.7 Å². The number of benzene rings is 5. The van der Waals surface area contributed by atoms with Crippen molar-refractivity contribution < 1.29 is 48.6 Å². The van der Waals surface area contributed by atoms with Crippen molar-refractivity contribution in [3.63, 3.8) is 0 Å². The molecule has 8 atom stereocenters. The van der Waals surface area contributed by atoms with Crippen LogP contribution in [0.25, 0.3) is 21.7 Å². The van der Waals surface area contributed by atoms with E-state index in [1.165, 1.54) is 12.1 Å². The van der Waals surface area contributed by atoms with Crippen molar-refractivity contribution in [2.75, 3.05) is 12.3 Å². The van der Waals surface area contributed by atoms with Crippen LogP contribution in [0.1, 0.15) is 69.2 Å². The van der Waals surface area contributed by atoms with Crippen molar-refractivity contribution in [1.29, 1.82) is 0 Å². The van der Waals surface area contributed by atoms with Gasteiger partial charge in [0.25, 0.3) is 0 Å². The molecule has 0 radical (unpaired) electrons. The fourth-order valence-electron chi connectivity index (χ4n) is 9.74. The average molecular weight is 1170 g/mol. The SMILES string of the molecule is CC(C)[C@H](NC(=O)[C@@H]1CSSC(C)(C)[C@@H](NC(=O)[C@@H](N)Cc2ccc3ccccc3c2)C(=O)N[C@@H](Cc2ccccc2)C(=O)N[C@@H](Cc2c[nH]c3ccccc23)C(=O)N[C@@H](CCCCN)C(=O)N[C@@H](Cc2ccc(O)cc2)C(=O)N1)C(=O)O. The molecule has 0 saturated carbocycles. The highest BCUT2D eigenvalue weighted by molar-refractivity contribution is 8.77. The topological polar surface area (TPSA) is 329 Å². The third-order valence-electron chi connectivity index (χ3n) is 14.5. The molecule has 6 aromatic rings. The Morgan fingerprint density at radius 3 is 1.90 bits per heavy atom. The summed E-state index contributed by atoms with van der Waals surface area (Å²) in [6, 6.07) is 24.7. The first-order chi connectivity index (χ1) is 39.7. The van der Waals surface area contributed by atoms with E-state index in [1.54, 1.807) is 76.4 Å². The number of carbonyl (C=O) groups excluding carboxylic acids is 7. The average Bonchev–Trinajstić information content (AvgIpc) is 3.94. The van der Waals surface area contributed by atoms with Crippen LogP contribution in [0.2, 0.25) is 0 Å². The van der Waals surface area contributed by atoms with Crippen molar-refractivity contribution in [2.45, 2.75) is 126 Å². The van der Waals surface area contributed by atoms with Gasteiger partial charge in [-0.15, -0.1) is 0 Å². The molecule has 0 aliphatic carbocycles. The maximum absolute atomic E-state index is 15.2. The minimum Gasteiger partial charge on any atom is -0.508 e. The standard InChI is InChI=1S/C61H74N10O10S2/c1-35(2)51(60(80)81)70-58(78)50-34-82-83-61(3,4)52(71-53(73)44(63)29-38-21-24-39-16-8-9-17-40(39)28-38)59(79)68-48(30-36-14-6-5-7-15-36)55(75)67-49(32-41-33-64-45-19-11-10-18-43(41)45)57(77)65-46(20-12-13-27-62)54(74)66-47(56(76)69-50)31-37-22-25-42(72)26-23-37/h5-11,14-19,21-26,28,33,35,44,46-52,64,72H,12-13,20,27,29-32,34,62-63H2,1-4H3,(H,65,77)(H,66,74)(H,67,75)(H,68,79)(H,69,76)(H,70,78)(H,71,73)(H,80,81)/t44-,46-,47-,48-,49-,50-,51-,52-/m0/s1. The van der Waals surface area contributed by atoms with Gasteiger partial charge in [-0.2, -0.15) is 0 Å². The lowest BCUT2D eigenvalue weighted by atomic mass is 9.98. The molecule has 1 aliphatic heterocycles. The molecular formula is C61H74N10O10S2. The van der Waals surface area contributed by atoms with Gasteiger partial charge in [-0.05, 0) is 103 Å². The largest absolute Gasteiger partial charge is 0.508 e. The van der Waals surface area contributed by atoms with E-state index in [0.29, 0.717) is 29.5 Å². The second kappa shape index (κ2) is 29.4. The number of para-hydroxylation sites is 1. The lowest BCUT2D eigenvalue weighted by Gasteiger charge is -2.35. The summed E-state index contributed by atoms with van der Waals surface area (Å²) in [4.78, 5) is 119. The van der Waals surface area contributed by atoms with Crippen LogP contribution >= 0.6 is 21.6 Å². The smallest absolute Gasteiger partial charge is 0.326 e. The number of phenols is 1. The quantitative estimate of drug-likeness (QED) is 0.0427. The summed E-state index contributed by atoms with van der Waals surface area (Å²) in [5, 5.41) is 42.6. The minimum atomic E-state index is -1.47. The van der Waals surface area contributed by atoms with Crippen LogP contribution in [-0.4, -0.2) is 128 Å². The van der Waals surface area contributed by atoms with Crippen LogP contribution in [0.5, 0.6) is 5.75 Å². The first-order valence-corrected chi connectivity index (χ1v) is 30.0. The molecule has 7 amide bonds. The zero-order chi connectivity index (χ0) is 59.8. The maximum Gasteiger partial charge on any atom is 0.326 e. The predicted octanol–water partition coefficient (Wildman–Crippen LogP) is 4.06. The Balaban J connectivity index is 1.31. The van der Waals surface area contributed by atoms with E-state index in [9.17, 15) is 34.2 Å². The Bertz CT molecular complexity index is 3250. The number of aromatic nitrogens is 1. The third kappa shape index (κ3) is 17.6. The van der Waals surface area contributed by atoms with E-state index in [0.717, 1.165) is 48.8 Å². The van der Waals surface area contributed by atoms with Crippen LogP contribution in [0.15, 0.2) is 128 Å². The molecular weight excluding hydrogens is 1100 g/mol. The van der Waals surface area contributed by atoms with Crippen LogP contribution in [0.4, 0.5) is 0 Å². The van der Waals surface area contributed by atoms with E-state index in [2.05, 4.69) is 42.2 Å². The predicted molar refractivity (Wildman–Crippen MR) is 323 cm³/mol. The van der Waals surface area contributed by atoms with Gasteiger partial charge in [-0.25, -0.2) is 4.79 Å². The second-order valence-electron chi connectivity index (χ2n) is 21.7. The molecule has 14 N–H and O–H groups in total. The van der Waals surface area contributed by atoms with Gasteiger partial charge in [0.1, 0.15) is 48.0 Å². The van der Waals surface area contributed by atoms with Gasteiger partial charge in [-0.3, -0.25) is 33.6 Å².